The number of anilines is 1. The van der Waals surface area contributed by atoms with Crippen molar-refractivity contribution in [2.45, 2.75) is 17.7 Å². The first-order valence-corrected chi connectivity index (χ1v) is 10.3. The highest BCUT2D eigenvalue weighted by atomic mass is 35.5. The minimum Gasteiger partial charge on any atom is -0.289 e. The summed E-state index contributed by atoms with van der Waals surface area (Å²) in [6.07, 6.45) is 1.41. The molecule has 0 heterocycles. The number of nitrogens with one attached hydrogen (secondary N) is 1. The molecule has 6 heteroatoms. The van der Waals surface area contributed by atoms with E-state index in [1.807, 2.05) is 24.3 Å². The van der Waals surface area contributed by atoms with E-state index in [1.54, 1.807) is 18.2 Å². The molecule has 0 saturated heterocycles. The summed E-state index contributed by atoms with van der Waals surface area (Å²) in [5.74, 6) is -0.160. The molecule has 1 aliphatic rings. The van der Waals surface area contributed by atoms with Crippen LogP contribution in [0, 0.1) is 0 Å². The molecule has 0 aliphatic heterocycles. The van der Waals surface area contributed by atoms with Crippen LogP contribution in [0.5, 0.6) is 0 Å². The van der Waals surface area contributed by atoms with Crippen LogP contribution in [0.4, 0.5) is 5.69 Å². The zero-order valence-corrected chi connectivity index (χ0v) is 15.8. The number of halogens is 1. The van der Waals surface area contributed by atoms with Gasteiger partial charge in [-0.25, -0.2) is 8.42 Å². The Bertz CT molecular complexity index is 1140. The highest BCUT2D eigenvalue weighted by Crippen LogP contribution is 2.31. The van der Waals surface area contributed by atoms with Crippen LogP contribution in [-0.2, 0) is 22.9 Å². The average Bonchev–Trinajstić information content (AvgIpc) is 2.80. The van der Waals surface area contributed by atoms with Gasteiger partial charge in [-0.1, -0.05) is 48.0 Å². The summed E-state index contributed by atoms with van der Waals surface area (Å²) >= 11 is 5.84. The van der Waals surface area contributed by atoms with Gasteiger partial charge in [0, 0.05) is 16.1 Å². The van der Waals surface area contributed by atoms with E-state index in [-0.39, 0.29) is 10.7 Å². The highest BCUT2D eigenvalue weighted by Gasteiger charge is 2.25. The Morgan fingerprint density at radius 2 is 1.48 bits per heavy atom. The Balaban J connectivity index is 1.79. The number of hydrogen-bond donors (Lipinski definition) is 1. The lowest BCUT2D eigenvalue weighted by molar-refractivity contribution is 0.103. The Kier molecular flexibility index (Phi) is 4.50. The molecule has 0 atom stereocenters. The summed E-state index contributed by atoms with van der Waals surface area (Å²) in [5.41, 5.74) is 3.15. The summed E-state index contributed by atoms with van der Waals surface area (Å²) in [6.45, 7) is 0. The molecule has 0 amide bonds. The molecule has 0 bridgehead atoms. The lowest BCUT2D eigenvalue weighted by Gasteiger charge is -2.14. The molecule has 0 aromatic heterocycles. The minimum absolute atomic E-state index is 0.0889. The molecule has 3 aromatic rings. The third-order valence-electron chi connectivity index (χ3n) is 4.67. The first-order chi connectivity index (χ1) is 13.0. The van der Waals surface area contributed by atoms with Crippen molar-refractivity contribution in [3.8, 4) is 0 Å². The van der Waals surface area contributed by atoms with Crippen molar-refractivity contribution in [2.75, 3.05) is 4.72 Å². The largest absolute Gasteiger partial charge is 0.289 e. The van der Waals surface area contributed by atoms with E-state index in [2.05, 4.69) is 4.72 Å². The van der Waals surface area contributed by atoms with Crippen LogP contribution in [0.15, 0.2) is 71.6 Å². The molecule has 0 radical (unpaired) electrons. The third-order valence-corrected chi connectivity index (χ3v) is 6.31. The zero-order valence-electron chi connectivity index (χ0n) is 14.3. The highest BCUT2D eigenvalue weighted by molar-refractivity contribution is 7.92. The normalized spacial score (nSPS) is 13.4. The first kappa shape index (κ1) is 17.8. The van der Waals surface area contributed by atoms with Gasteiger partial charge >= 0.3 is 0 Å². The first-order valence-electron chi connectivity index (χ1n) is 8.48. The number of benzene rings is 3. The van der Waals surface area contributed by atoms with E-state index in [0.717, 1.165) is 17.5 Å². The van der Waals surface area contributed by atoms with E-state index in [0.29, 0.717) is 28.3 Å². The number of hydrogen-bond acceptors (Lipinski definition) is 3. The number of carbonyl (C=O) groups is 1. The molecular weight excluding hydrogens is 382 g/mol. The van der Waals surface area contributed by atoms with E-state index >= 15 is 0 Å². The number of aryl methyl sites for hydroxylation is 2. The van der Waals surface area contributed by atoms with Crippen molar-refractivity contribution in [1.82, 2.24) is 0 Å². The molecule has 1 N–H and O–H groups in total. The molecule has 0 fully saturated rings. The van der Waals surface area contributed by atoms with Crippen molar-refractivity contribution in [1.29, 1.82) is 0 Å². The molecule has 0 saturated carbocycles. The number of sulfonamides is 1. The average molecular weight is 398 g/mol. The second-order valence-electron chi connectivity index (χ2n) is 6.39. The van der Waals surface area contributed by atoms with Gasteiger partial charge in [0.15, 0.2) is 5.78 Å². The van der Waals surface area contributed by atoms with Crippen LogP contribution in [0.1, 0.15) is 27.0 Å². The number of fused-ring (bicyclic) bond motifs is 2. The van der Waals surface area contributed by atoms with Crippen LogP contribution < -0.4 is 4.72 Å². The lowest BCUT2D eigenvalue weighted by atomic mass is 9.97. The fourth-order valence-corrected chi connectivity index (χ4v) is 4.54. The smallest absolute Gasteiger partial charge is 0.261 e. The second-order valence-corrected chi connectivity index (χ2v) is 8.50. The SMILES string of the molecule is O=C1c2ccccc2CCc2cccc(NS(=O)(=O)c3ccc(Cl)cc3)c21. The zero-order chi connectivity index (χ0) is 19.0. The molecule has 4 rings (SSSR count). The van der Waals surface area contributed by atoms with Gasteiger partial charge in [-0.05, 0) is 54.3 Å². The summed E-state index contributed by atoms with van der Waals surface area (Å²) < 4.78 is 28.1. The van der Waals surface area contributed by atoms with Gasteiger partial charge in [-0.3, -0.25) is 9.52 Å². The van der Waals surface area contributed by atoms with Crippen LogP contribution >= 0.6 is 11.6 Å². The van der Waals surface area contributed by atoms with Gasteiger partial charge in [0.25, 0.3) is 10.0 Å². The van der Waals surface area contributed by atoms with Crippen molar-refractivity contribution in [3.63, 3.8) is 0 Å². The molecule has 0 spiro atoms. The van der Waals surface area contributed by atoms with Crippen molar-refractivity contribution in [2.24, 2.45) is 0 Å². The minimum atomic E-state index is -3.84. The summed E-state index contributed by atoms with van der Waals surface area (Å²) in [5, 5.41) is 0.453. The molecule has 4 nitrogen and oxygen atoms in total. The molecule has 27 heavy (non-hydrogen) atoms. The predicted octanol–water partition coefficient (Wildman–Crippen LogP) is 4.47. The standard InChI is InChI=1S/C21H16ClNO3S/c22-16-10-12-17(13-11-16)27(25,26)23-19-7-3-5-15-9-8-14-4-1-2-6-18(14)21(24)20(15)19/h1-7,10-13,23H,8-9H2. The van der Waals surface area contributed by atoms with E-state index in [4.69, 9.17) is 11.6 Å². The van der Waals surface area contributed by atoms with Gasteiger partial charge < -0.3 is 0 Å². The molecular formula is C21H16ClNO3S. The summed E-state index contributed by atoms with van der Waals surface area (Å²) in [4.78, 5) is 13.3. The maximum Gasteiger partial charge on any atom is 0.261 e. The fourth-order valence-electron chi connectivity index (χ4n) is 3.34. The lowest BCUT2D eigenvalue weighted by Crippen LogP contribution is -2.16. The topological polar surface area (TPSA) is 63.2 Å². The Hall–Kier alpha value is -2.63. The number of rotatable bonds is 3. The van der Waals surface area contributed by atoms with Gasteiger partial charge in [0.2, 0.25) is 0 Å². The van der Waals surface area contributed by atoms with Crippen LogP contribution in [0.3, 0.4) is 0 Å². The number of carbonyl (C=O) groups excluding carboxylic acids is 1. The Labute approximate surface area is 162 Å². The van der Waals surface area contributed by atoms with Crippen LogP contribution in [0.2, 0.25) is 5.02 Å². The fraction of sp³-hybridized carbons (Fsp3) is 0.0952. The van der Waals surface area contributed by atoms with Gasteiger partial charge in [-0.15, -0.1) is 0 Å². The van der Waals surface area contributed by atoms with Gasteiger partial charge in [0.05, 0.1) is 10.6 Å². The maximum atomic E-state index is 13.2. The Morgan fingerprint density at radius 1 is 0.815 bits per heavy atom. The summed E-state index contributed by atoms with van der Waals surface area (Å²) in [6, 6.07) is 18.6. The number of ketones is 1. The monoisotopic (exact) mass is 397 g/mol. The predicted molar refractivity (Wildman–Crippen MR) is 106 cm³/mol. The van der Waals surface area contributed by atoms with Crippen molar-refractivity contribution >= 4 is 33.1 Å². The maximum absolute atomic E-state index is 13.2. The quantitative estimate of drug-likeness (QED) is 0.709. The molecule has 136 valence electrons. The van der Waals surface area contributed by atoms with Crippen LogP contribution in [0.25, 0.3) is 0 Å². The third kappa shape index (κ3) is 3.36. The van der Waals surface area contributed by atoms with E-state index in [1.165, 1.54) is 24.3 Å². The van der Waals surface area contributed by atoms with E-state index < -0.39 is 10.0 Å². The molecule has 3 aromatic carbocycles. The molecule has 0 unspecified atom stereocenters. The molecule has 1 aliphatic carbocycles. The van der Waals surface area contributed by atoms with Crippen molar-refractivity contribution < 1.29 is 13.2 Å². The van der Waals surface area contributed by atoms with Gasteiger partial charge in [0.1, 0.15) is 0 Å². The van der Waals surface area contributed by atoms with Gasteiger partial charge in [-0.2, -0.15) is 0 Å². The second kappa shape index (κ2) is 6.83. The van der Waals surface area contributed by atoms with E-state index in [9.17, 15) is 13.2 Å². The Morgan fingerprint density at radius 3 is 2.26 bits per heavy atom. The van der Waals surface area contributed by atoms with Crippen LogP contribution in [-0.4, -0.2) is 14.2 Å². The van der Waals surface area contributed by atoms with Crippen molar-refractivity contribution in [3.05, 3.63) is 94.0 Å². The summed E-state index contributed by atoms with van der Waals surface area (Å²) in [7, 11) is -3.84.